The fourth-order valence-electron chi connectivity index (χ4n) is 3.82. The summed E-state index contributed by atoms with van der Waals surface area (Å²) >= 11 is 0. The number of likely N-dealkylation sites (tertiary alicyclic amines) is 2. The average Bonchev–Trinajstić information content (AvgIpc) is 2.60. The van der Waals surface area contributed by atoms with Gasteiger partial charge in [0.25, 0.3) is 11.8 Å². The molecular formula is C19H21FN2O2. The summed E-state index contributed by atoms with van der Waals surface area (Å²) in [7, 11) is 0. The second kappa shape index (κ2) is 7.04. The molecule has 0 bridgehead atoms. The van der Waals surface area contributed by atoms with E-state index in [0.29, 0.717) is 18.7 Å². The Morgan fingerprint density at radius 3 is 2.83 bits per heavy atom. The van der Waals surface area contributed by atoms with Crippen LogP contribution < -0.4 is 0 Å². The Balaban J connectivity index is 1.71. The molecule has 2 heterocycles. The molecule has 0 N–H and O–H groups in total. The molecule has 2 saturated heterocycles. The summed E-state index contributed by atoms with van der Waals surface area (Å²) in [5.74, 6) is 4.92. The van der Waals surface area contributed by atoms with Crippen molar-refractivity contribution in [3.8, 4) is 11.8 Å². The molecule has 5 heteroatoms. The summed E-state index contributed by atoms with van der Waals surface area (Å²) < 4.78 is 13.3. The van der Waals surface area contributed by atoms with E-state index >= 15 is 0 Å². The smallest absolute Gasteiger partial charge is 0.298 e. The number of piperidine rings is 2. The van der Waals surface area contributed by atoms with E-state index in [-0.39, 0.29) is 23.8 Å². The van der Waals surface area contributed by atoms with E-state index in [1.165, 1.54) is 12.1 Å². The third-order valence-electron chi connectivity index (χ3n) is 4.92. The summed E-state index contributed by atoms with van der Waals surface area (Å²) in [6, 6.07) is 5.97. The molecule has 0 unspecified atom stereocenters. The number of hydrogen-bond donors (Lipinski definition) is 0. The van der Waals surface area contributed by atoms with E-state index in [9.17, 15) is 14.0 Å². The minimum Gasteiger partial charge on any atom is -0.338 e. The Hall–Kier alpha value is -2.35. The molecule has 2 fully saturated rings. The van der Waals surface area contributed by atoms with Gasteiger partial charge in [0.1, 0.15) is 5.82 Å². The van der Waals surface area contributed by atoms with Crippen molar-refractivity contribution in [3.05, 3.63) is 35.6 Å². The standard InChI is InChI=1S/C19H21FN2O2/c1-2-5-18(23)22-10-4-7-15-13-21(11-9-17(15)22)19(24)14-6-3-8-16(20)12-14/h3,6,8,12,15,17H,4,7,9-11,13H2,1H3/t15-,17+/m1/s1. The fraction of sp³-hybridized carbons (Fsp3) is 0.474. The summed E-state index contributed by atoms with van der Waals surface area (Å²) in [5.41, 5.74) is 0.383. The van der Waals surface area contributed by atoms with Crippen molar-refractivity contribution in [3.63, 3.8) is 0 Å². The van der Waals surface area contributed by atoms with Gasteiger partial charge in [-0.2, -0.15) is 0 Å². The number of amides is 2. The van der Waals surface area contributed by atoms with Gasteiger partial charge in [-0.05, 0) is 56.2 Å². The molecular weight excluding hydrogens is 307 g/mol. The van der Waals surface area contributed by atoms with Crippen LogP contribution in [0.3, 0.4) is 0 Å². The molecule has 2 atom stereocenters. The lowest BCUT2D eigenvalue weighted by Gasteiger charge is -2.46. The first kappa shape index (κ1) is 16.5. The highest BCUT2D eigenvalue weighted by atomic mass is 19.1. The molecule has 0 aromatic heterocycles. The van der Waals surface area contributed by atoms with Crippen LogP contribution in [-0.4, -0.2) is 47.3 Å². The molecule has 0 radical (unpaired) electrons. The third-order valence-corrected chi connectivity index (χ3v) is 4.92. The van der Waals surface area contributed by atoms with Gasteiger partial charge >= 0.3 is 0 Å². The van der Waals surface area contributed by atoms with E-state index in [1.54, 1.807) is 24.0 Å². The van der Waals surface area contributed by atoms with Crippen molar-refractivity contribution in [2.24, 2.45) is 5.92 Å². The van der Waals surface area contributed by atoms with Crippen LogP contribution in [0.25, 0.3) is 0 Å². The normalized spacial score (nSPS) is 23.1. The summed E-state index contributed by atoms with van der Waals surface area (Å²) in [6.07, 6.45) is 2.68. The molecule has 2 aliphatic rings. The van der Waals surface area contributed by atoms with E-state index in [4.69, 9.17) is 0 Å². The maximum Gasteiger partial charge on any atom is 0.298 e. The monoisotopic (exact) mass is 328 g/mol. The van der Waals surface area contributed by atoms with Gasteiger partial charge in [0.05, 0.1) is 0 Å². The second-order valence-electron chi connectivity index (χ2n) is 6.39. The molecule has 1 aromatic carbocycles. The van der Waals surface area contributed by atoms with Gasteiger partial charge in [0, 0.05) is 31.2 Å². The fourth-order valence-corrected chi connectivity index (χ4v) is 3.82. The van der Waals surface area contributed by atoms with Crippen molar-refractivity contribution in [2.45, 2.75) is 32.2 Å². The van der Waals surface area contributed by atoms with Crippen LogP contribution in [0.4, 0.5) is 4.39 Å². The lowest BCUT2D eigenvalue weighted by Crippen LogP contribution is -2.56. The van der Waals surface area contributed by atoms with Gasteiger partial charge in [0.15, 0.2) is 0 Å². The van der Waals surface area contributed by atoms with Crippen molar-refractivity contribution >= 4 is 11.8 Å². The Kier molecular flexibility index (Phi) is 4.84. The number of hydrogen-bond acceptors (Lipinski definition) is 2. The number of carbonyl (C=O) groups excluding carboxylic acids is 2. The average molecular weight is 328 g/mol. The molecule has 3 rings (SSSR count). The number of rotatable bonds is 1. The van der Waals surface area contributed by atoms with Gasteiger partial charge in [-0.25, -0.2) is 4.39 Å². The Morgan fingerprint density at radius 2 is 2.08 bits per heavy atom. The number of fused-ring (bicyclic) bond motifs is 1. The first-order chi connectivity index (χ1) is 11.6. The molecule has 0 spiro atoms. The number of benzene rings is 1. The topological polar surface area (TPSA) is 40.6 Å². The van der Waals surface area contributed by atoms with Crippen molar-refractivity contribution in [2.75, 3.05) is 19.6 Å². The van der Waals surface area contributed by atoms with Crippen LogP contribution in [0.1, 0.15) is 36.5 Å². The van der Waals surface area contributed by atoms with Crippen molar-refractivity contribution < 1.29 is 14.0 Å². The number of nitrogens with zero attached hydrogens (tertiary/aromatic N) is 2. The van der Waals surface area contributed by atoms with Crippen molar-refractivity contribution in [1.82, 2.24) is 9.80 Å². The lowest BCUT2D eigenvalue weighted by atomic mass is 9.83. The zero-order valence-corrected chi connectivity index (χ0v) is 13.8. The SMILES string of the molecule is CC#CC(=O)N1CCC[C@@H]2CN(C(=O)c3cccc(F)c3)CC[C@@H]21. The Bertz CT molecular complexity index is 707. The second-order valence-corrected chi connectivity index (χ2v) is 6.39. The maximum atomic E-state index is 13.3. The summed E-state index contributed by atoms with van der Waals surface area (Å²) in [4.78, 5) is 28.4. The maximum absolute atomic E-state index is 13.3. The molecule has 126 valence electrons. The molecule has 24 heavy (non-hydrogen) atoms. The molecule has 2 aliphatic heterocycles. The molecule has 0 aliphatic carbocycles. The first-order valence-corrected chi connectivity index (χ1v) is 8.38. The predicted octanol–water partition coefficient (Wildman–Crippen LogP) is 2.30. The van der Waals surface area contributed by atoms with Crippen LogP contribution in [-0.2, 0) is 4.79 Å². The Morgan fingerprint density at radius 1 is 1.25 bits per heavy atom. The van der Waals surface area contributed by atoms with E-state index < -0.39 is 5.82 Å². The van der Waals surface area contributed by atoms with Gasteiger partial charge < -0.3 is 9.80 Å². The van der Waals surface area contributed by atoms with E-state index in [0.717, 1.165) is 25.8 Å². The highest BCUT2D eigenvalue weighted by Crippen LogP contribution is 2.31. The predicted molar refractivity (Wildman–Crippen MR) is 88.6 cm³/mol. The van der Waals surface area contributed by atoms with Crippen LogP contribution in [0.2, 0.25) is 0 Å². The van der Waals surface area contributed by atoms with Gasteiger partial charge in [-0.1, -0.05) is 12.0 Å². The highest BCUT2D eigenvalue weighted by molar-refractivity contribution is 5.95. The molecule has 4 nitrogen and oxygen atoms in total. The molecule has 0 saturated carbocycles. The largest absolute Gasteiger partial charge is 0.338 e. The molecule has 1 aromatic rings. The zero-order valence-electron chi connectivity index (χ0n) is 13.8. The lowest BCUT2D eigenvalue weighted by molar-refractivity contribution is -0.131. The van der Waals surface area contributed by atoms with Crippen molar-refractivity contribution in [1.29, 1.82) is 0 Å². The molecule has 2 amide bonds. The quantitative estimate of drug-likeness (QED) is 0.742. The summed E-state index contributed by atoms with van der Waals surface area (Å²) in [5, 5.41) is 0. The minimum atomic E-state index is -0.400. The Labute approximate surface area is 141 Å². The minimum absolute atomic E-state index is 0.114. The number of carbonyl (C=O) groups is 2. The highest BCUT2D eigenvalue weighted by Gasteiger charge is 2.39. The number of halogens is 1. The van der Waals surface area contributed by atoms with E-state index in [2.05, 4.69) is 11.8 Å². The summed E-state index contributed by atoms with van der Waals surface area (Å²) in [6.45, 7) is 3.61. The van der Waals surface area contributed by atoms with Gasteiger partial charge in [-0.3, -0.25) is 9.59 Å². The van der Waals surface area contributed by atoms with Crippen LogP contribution in [0, 0.1) is 23.6 Å². The van der Waals surface area contributed by atoms with Crippen LogP contribution in [0.15, 0.2) is 24.3 Å². The van der Waals surface area contributed by atoms with Gasteiger partial charge in [0.2, 0.25) is 0 Å². The van der Waals surface area contributed by atoms with Gasteiger partial charge in [-0.15, -0.1) is 0 Å². The van der Waals surface area contributed by atoms with Crippen LogP contribution in [0.5, 0.6) is 0 Å². The first-order valence-electron chi connectivity index (χ1n) is 8.38. The van der Waals surface area contributed by atoms with E-state index in [1.807, 2.05) is 4.90 Å². The zero-order chi connectivity index (χ0) is 17.1. The third kappa shape index (κ3) is 3.28. The van der Waals surface area contributed by atoms with Crippen LogP contribution >= 0.6 is 0 Å².